The molecule has 0 radical (unpaired) electrons. The monoisotopic (exact) mass is 328 g/mol. The number of aryl methyl sites for hydroxylation is 1. The summed E-state index contributed by atoms with van der Waals surface area (Å²) in [6.45, 7) is 0.428. The number of methoxy groups -OCH3 is 1. The van der Waals surface area contributed by atoms with E-state index in [9.17, 15) is 9.90 Å². The lowest BCUT2D eigenvalue weighted by molar-refractivity contribution is 0.217. The molecule has 0 spiro atoms. The van der Waals surface area contributed by atoms with Crippen molar-refractivity contribution in [2.45, 2.75) is 18.9 Å². The van der Waals surface area contributed by atoms with Crippen molar-refractivity contribution in [2.75, 3.05) is 20.3 Å². The first-order chi connectivity index (χ1) is 11.7. The molecule has 0 fully saturated rings. The lowest BCUT2D eigenvalue weighted by Crippen LogP contribution is -2.39. The van der Waals surface area contributed by atoms with Crippen molar-refractivity contribution in [3.05, 3.63) is 65.7 Å². The molecule has 2 amide bonds. The summed E-state index contributed by atoms with van der Waals surface area (Å²) in [5.41, 5.74) is 2.06. The number of hydrogen-bond acceptors (Lipinski definition) is 3. The van der Waals surface area contributed by atoms with Crippen LogP contribution in [0.5, 0.6) is 5.75 Å². The number of benzene rings is 2. The van der Waals surface area contributed by atoms with Gasteiger partial charge in [0.2, 0.25) is 0 Å². The first-order valence-electron chi connectivity index (χ1n) is 8.06. The molecule has 0 saturated heterocycles. The fraction of sp³-hybridized carbons (Fsp3) is 0.316. The minimum atomic E-state index is -0.399. The van der Waals surface area contributed by atoms with Gasteiger partial charge in [-0.25, -0.2) is 4.79 Å². The van der Waals surface area contributed by atoms with Crippen molar-refractivity contribution >= 4 is 6.03 Å². The number of ether oxygens (including phenoxy) is 1. The number of carbonyl (C=O) groups excluding carboxylic acids is 1. The molecule has 0 bridgehead atoms. The Kier molecular flexibility index (Phi) is 7.11. The molecule has 24 heavy (non-hydrogen) atoms. The van der Waals surface area contributed by atoms with E-state index in [0.717, 1.165) is 24.2 Å². The minimum Gasteiger partial charge on any atom is -0.497 e. The highest BCUT2D eigenvalue weighted by Gasteiger charge is 2.12. The fourth-order valence-electron chi connectivity index (χ4n) is 2.45. The molecular formula is C19H24N2O3. The molecule has 0 aliphatic rings. The van der Waals surface area contributed by atoms with Crippen molar-refractivity contribution < 1.29 is 14.6 Å². The van der Waals surface area contributed by atoms with Gasteiger partial charge in [0.1, 0.15) is 5.75 Å². The van der Waals surface area contributed by atoms with Gasteiger partial charge in [-0.15, -0.1) is 0 Å². The number of nitrogens with one attached hydrogen (secondary N) is 2. The van der Waals surface area contributed by atoms with E-state index in [0.29, 0.717) is 6.54 Å². The quantitative estimate of drug-likeness (QED) is 0.653. The summed E-state index contributed by atoms with van der Waals surface area (Å²) in [6, 6.07) is 16.7. The Morgan fingerprint density at radius 3 is 2.67 bits per heavy atom. The molecule has 0 aliphatic carbocycles. The largest absolute Gasteiger partial charge is 0.497 e. The van der Waals surface area contributed by atoms with Crippen LogP contribution in [0.3, 0.4) is 0 Å². The van der Waals surface area contributed by atoms with Crippen LogP contribution in [-0.2, 0) is 6.42 Å². The van der Waals surface area contributed by atoms with Gasteiger partial charge in [-0.05, 0) is 36.1 Å². The van der Waals surface area contributed by atoms with Crippen molar-refractivity contribution in [1.82, 2.24) is 10.6 Å². The maximum Gasteiger partial charge on any atom is 0.315 e. The van der Waals surface area contributed by atoms with Gasteiger partial charge >= 0.3 is 6.03 Å². The number of aliphatic hydroxyl groups is 1. The van der Waals surface area contributed by atoms with E-state index in [4.69, 9.17) is 4.74 Å². The first-order valence-corrected chi connectivity index (χ1v) is 8.06. The van der Waals surface area contributed by atoms with Gasteiger partial charge in [0, 0.05) is 6.54 Å². The Morgan fingerprint density at radius 2 is 1.96 bits per heavy atom. The summed E-state index contributed by atoms with van der Waals surface area (Å²) in [4.78, 5) is 11.9. The van der Waals surface area contributed by atoms with Crippen LogP contribution in [0.4, 0.5) is 4.79 Å². The lowest BCUT2D eigenvalue weighted by atomic mass is 10.1. The topological polar surface area (TPSA) is 70.6 Å². The molecule has 2 rings (SSSR count). The van der Waals surface area contributed by atoms with Gasteiger partial charge in [0.05, 0.1) is 19.8 Å². The van der Waals surface area contributed by atoms with Crippen LogP contribution < -0.4 is 15.4 Å². The third-order valence-corrected chi connectivity index (χ3v) is 3.75. The van der Waals surface area contributed by atoms with Crippen molar-refractivity contribution in [2.24, 2.45) is 0 Å². The molecule has 5 heteroatoms. The maximum absolute atomic E-state index is 11.9. The van der Waals surface area contributed by atoms with Gasteiger partial charge in [0.15, 0.2) is 0 Å². The Hall–Kier alpha value is -2.53. The van der Waals surface area contributed by atoms with Crippen LogP contribution in [0.25, 0.3) is 0 Å². The SMILES string of the molecule is COc1cccc(CCCNC(=O)NC(CO)c2ccccc2)c1. The van der Waals surface area contributed by atoms with Crippen LogP contribution in [0.2, 0.25) is 0 Å². The van der Waals surface area contributed by atoms with Gasteiger partial charge in [-0.2, -0.15) is 0 Å². The van der Waals surface area contributed by atoms with Crippen LogP contribution in [0.1, 0.15) is 23.6 Å². The highest BCUT2D eigenvalue weighted by molar-refractivity contribution is 5.74. The van der Waals surface area contributed by atoms with Gasteiger partial charge in [-0.3, -0.25) is 0 Å². The second kappa shape index (κ2) is 9.57. The number of hydrogen-bond donors (Lipinski definition) is 3. The zero-order valence-corrected chi connectivity index (χ0v) is 13.9. The third-order valence-electron chi connectivity index (χ3n) is 3.75. The predicted molar refractivity (Wildman–Crippen MR) is 94.1 cm³/mol. The summed E-state index contributed by atoms with van der Waals surface area (Å²) in [5.74, 6) is 0.840. The number of rotatable bonds is 8. The molecule has 2 aromatic rings. The second-order valence-corrected chi connectivity index (χ2v) is 5.50. The number of carbonyl (C=O) groups is 1. The molecule has 128 valence electrons. The van der Waals surface area contributed by atoms with E-state index in [2.05, 4.69) is 10.6 Å². The predicted octanol–water partition coefficient (Wildman–Crippen LogP) is 2.66. The molecule has 0 heterocycles. The molecule has 0 aliphatic heterocycles. The maximum atomic E-state index is 11.9. The summed E-state index contributed by atoms with van der Waals surface area (Å²) in [7, 11) is 1.65. The molecule has 0 saturated carbocycles. The Morgan fingerprint density at radius 1 is 1.17 bits per heavy atom. The highest BCUT2D eigenvalue weighted by Crippen LogP contribution is 2.14. The Bertz CT molecular complexity index is 632. The highest BCUT2D eigenvalue weighted by atomic mass is 16.5. The molecule has 1 unspecified atom stereocenters. The Labute approximate surface area is 142 Å². The number of aliphatic hydroxyl groups excluding tert-OH is 1. The van der Waals surface area contributed by atoms with E-state index in [1.165, 1.54) is 5.56 Å². The van der Waals surface area contributed by atoms with E-state index < -0.39 is 6.04 Å². The summed E-state index contributed by atoms with van der Waals surface area (Å²) in [6.07, 6.45) is 1.69. The molecular weight excluding hydrogens is 304 g/mol. The zero-order chi connectivity index (χ0) is 17.2. The van der Waals surface area contributed by atoms with Crippen LogP contribution in [0, 0.1) is 0 Å². The molecule has 1 atom stereocenters. The molecule has 0 aromatic heterocycles. The van der Waals surface area contributed by atoms with Crippen molar-refractivity contribution in [3.8, 4) is 5.75 Å². The van der Waals surface area contributed by atoms with E-state index in [1.807, 2.05) is 54.6 Å². The van der Waals surface area contributed by atoms with Crippen LogP contribution >= 0.6 is 0 Å². The lowest BCUT2D eigenvalue weighted by Gasteiger charge is -2.17. The average Bonchev–Trinajstić information content (AvgIpc) is 2.64. The van der Waals surface area contributed by atoms with Crippen molar-refractivity contribution in [3.63, 3.8) is 0 Å². The third kappa shape index (κ3) is 5.59. The fourth-order valence-corrected chi connectivity index (χ4v) is 2.45. The number of amides is 2. The summed E-state index contributed by atoms with van der Waals surface area (Å²) in [5, 5.41) is 15.0. The normalized spacial score (nSPS) is 11.6. The van der Waals surface area contributed by atoms with Crippen LogP contribution in [-0.4, -0.2) is 31.4 Å². The summed E-state index contributed by atoms with van der Waals surface area (Å²) < 4.78 is 5.19. The van der Waals surface area contributed by atoms with Crippen molar-refractivity contribution in [1.29, 1.82) is 0 Å². The average molecular weight is 328 g/mol. The van der Waals surface area contributed by atoms with E-state index in [-0.39, 0.29) is 12.6 Å². The molecule has 3 N–H and O–H groups in total. The van der Waals surface area contributed by atoms with E-state index in [1.54, 1.807) is 7.11 Å². The minimum absolute atomic E-state index is 0.138. The van der Waals surface area contributed by atoms with Gasteiger partial charge in [-0.1, -0.05) is 42.5 Å². The summed E-state index contributed by atoms with van der Waals surface area (Å²) >= 11 is 0. The smallest absolute Gasteiger partial charge is 0.315 e. The Balaban J connectivity index is 1.72. The number of urea groups is 1. The molecule has 2 aromatic carbocycles. The zero-order valence-electron chi connectivity index (χ0n) is 13.9. The van der Waals surface area contributed by atoms with E-state index >= 15 is 0 Å². The standard InChI is InChI=1S/C19H24N2O3/c1-24-17-11-5-7-15(13-17)8-6-12-20-19(23)21-18(14-22)16-9-3-2-4-10-16/h2-5,7,9-11,13,18,22H,6,8,12,14H2,1H3,(H2,20,21,23). The van der Waals surface area contributed by atoms with Gasteiger partial charge in [0.25, 0.3) is 0 Å². The van der Waals surface area contributed by atoms with Gasteiger partial charge < -0.3 is 20.5 Å². The second-order valence-electron chi connectivity index (χ2n) is 5.50. The first kappa shape index (κ1) is 17.8. The van der Waals surface area contributed by atoms with Crippen LogP contribution in [0.15, 0.2) is 54.6 Å². The molecule has 5 nitrogen and oxygen atoms in total.